The fraction of sp³-hybridized carbons (Fsp3) is 0.929. The van der Waals surface area contributed by atoms with Crippen LogP contribution in [0.25, 0.3) is 0 Å². The Balaban J connectivity index is 2.87. The second-order valence-corrected chi connectivity index (χ2v) is 5.08. The standard InChI is InChI=1S/C14H27NO6/c1-5-6-7-20-14-11(15-9(2)17)13(19-4)12(18-3)10(8-16)21-14/h10-14,16H,5-8H2,1-4H3,(H,15,17). The van der Waals surface area contributed by atoms with E-state index < -0.39 is 30.6 Å². The molecule has 1 heterocycles. The number of ether oxygens (including phenoxy) is 4. The number of hydrogen-bond donors (Lipinski definition) is 2. The summed E-state index contributed by atoms with van der Waals surface area (Å²) in [6, 6.07) is -0.489. The molecule has 124 valence electrons. The minimum atomic E-state index is -0.672. The maximum absolute atomic E-state index is 11.4. The van der Waals surface area contributed by atoms with E-state index in [1.807, 2.05) is 0 Å². The van der Waals surface area contributed by atoms with Crippen LogP contribution in [0.4, 0.5) is 0 Å². The number of rotatable bonds is 8. The van der Waals surface area contributed by atoms with E-state index in [2.05, 4.69) is 12.2 Å². The van der Waals surface area contributed by atoms with E-state index >= 15 is 0 Å². The van der Waals surface area contributed by atoms with E-state index in [4.69, 9.17) is 18.9 Å². The summed E-state index contributed by atoms with van der Waals surface area (Å²) in [5, 5.41) is 12.3. The number of hydrogen-bond acceptors (Lipinski definition) is 6. The fourth-order valence-electron chi connectivity index (χ4n) is 2.49. The van der Waals surface area contributed by atoms with E-state index in [0.29, 0.717) is 6.61 Å². The minimum absolute atomic E-state index is 0.202. The normalized spacial score (nSPS) is 32.9. The monoisotopic (exact) mass is 305 g/mol. The highest BCUT2D eigenvalue weighted by atomic mass is 16.7. The summed E-state index contributed by atoms with van der Waals surface area (Å²) in [6.45, 7) is 3.80. The van der Waals surface area contributed by atoms with Crippen LogP contribution >= 0.6 is 0 Å². The van der Waals surface area contributed by atoms with E-state index in [-0.39, 0.29) is 12.5 Å². The van der Waals surface area contributed by atoms with Gasteiger partial charge in [-0.15, -0.1) is 0 Å². The van der Waals surface area contributed by atoms with E-state index in [1.165, 1.54) is 21.1 Å². The third-order valence-electron chi connectivity index (χ3n) is 3.52. The number of aliphatic hydroxyl groups excluding tert-OH is 1. The average molecular weight is 305 g/mol. The van der Waals surface area contributed by atoms with Crippen molar-refractivity contribution in [2.45, 2.75) is 57.3 Å². The molecule has 7 heteroatoms. The van der Waals surface area contributed by atoms with Crippen LogP contribution in [0, 0.1) is 0 Å². The van der Waals surface area contributed by atoms with Gasteiger partial charge in [0.15, 0.2) is 6.29 Å². The zero-order valence-electron chi connectivity index (χ0n) is 13.2. The van der Waals surface area contributed by atoms with Gasteiger partial charge in [0.2, 0.25) is 5.91 Å². The number of unbranched alkanes of at least 4 members (excludes halogenated alkanes) is 1. The van der Waals surface area contributed by atoms with Gasteiger partial charge in [0, 0.05) is 27.8 Å². The first-order chi connectivity index (χ1) is 10.1. The molecule has 0 aromatic carbocycles. The van der Waals surface area contributed by atoms with Crippen molar-refractivity contribution in [3.63, 3.8) is 0 Å². The molecule has 0 aliphatic carbocycles. The highest BCUT2D eigenvalue weighted by Crippen LogP contribution is 2.26. The lowest BCUT2D eigenvalue weighted by atomic mass is 9.96. The van der Waals surface area contributed by atoms with Crippen molar-refractivity contribution in [1.29, 1.82) is 0 Å². The Bertz CT molecular complexity index is 314. The van der Waals surface area contributed by atoms with Gasteiger partial charge in [-0.05, 0) is 6.42 Å². The SMILES string of the molecule is CCCCOC1OC(CO)C(OC)C(OC)C1NC(C)=O. The van der Waals surface area contributed by atoms with Crippen molar-refractivity contribution in [2.75, 3.05) is 27.4 Å². The molecule has 21 heavy (non-hydrogen) atoms. The lowest BCUT2D eigenvalue weighted by Crippen LogP contribution is -2.65. The smallest absolute Gasteiger partial charge is 0.217 e. The Hall–Kier alpha value is -0.730. The Labute approximate surface area is 125 Å². The molecule has 1 saturated heterocycles. The number of carbonyl (C=O) groups excluding carboxylic acids is 1. The van der Waals surface area contributed by atoms with Gasteiger partial charge in [0.1, 0.15) is 24.4 Å². The van der Waals surface area contributed by atoms with Gasteiger partial charge in [-0.25, -0.2) is 0 Å². The van der Waals surface area contributed by atoms with Crippen LogP contribution in [0.3, 0.4) is 0 Å². The van der Waals surface area contributed by atoms with Gasteiger partial charge >= 0.3 is 0 Å². The van der Waals surface area contributed by atoms with Gasteiger partial charge in [-0.3, -0.25) is 4.79 Å². The molecule has 0 radical (unpaired) electrons. The molecule has 1 amide bonds. The fourth-order valence-corrected chi connectivity index (χ4v) is 2.49. The minimum Gasteiger partial charge on any atom is -0.394 e. The molecule has 7 nitrogen and oxygen atoms in total. The maximum Gasteiger partial charge on any atom is 0.217 e. The molecular weight excluding hydrogens is 278 g/mol. The van der Waals surface area contributed by atoms with Crippen molar-refractivity contribution in [1.82, 2.24) is 5.32 Å². The third-order valence-corrected chi connectivity index (χ3v) is 3.52. The molecule has 1 fully saturated rings. The number of methoxy groups -OCH3 is 2. The average Bonchev–Trinajstić information content (AvgIpc) is 2.47. The van der Waals surface area contributed by atoms with Crippen molar-refractivity contribution in [3.8, 4) is 0 Å². The lowest BCUT2D eigenvalue weighted by molar-refractivity contribution is -0.278. The molecule has 0 bridgehead atoms. The first kappa shape index (κ1) is 18.3. The number of carbonyl (C=O) groups is 1. The summed E-state index contributed by atoms with van der Waals surface area (Å²) < 4.78 is 22.3. The van der Waals surface area contributed by atoms with Crippen LogP contribution in [-0.4, -0.2) is 69.1 Å². The summed E-state index contributed by atoms with van der Waals surface area (Å²) in [7, 11) is 3.06. The third kappa shape index (κ3) is 4.89. The second kappa shape index (κ2) is 9.32. The molecule has 1 aliphatic heterocycles. The van der Waals surface area contributed by atoms with Crippen LogP contribution in [0.2, 0.25) is 0 Å². The second-order valence-electron chi connectivity index (χ2n) is 5.08. The number of nitrogens with one attached hydrogen (secondary N) is 1. The van der Waals surface area contributed by atoms with Crippen molar-refractivity contribution >= 4 is 5.91 Å². The predicted molar refractivity (Wildman–Crippen MR) is 75.8 cm³/mol. The molecule has 0 aromatic heterocycles. The highest BCUT2D eigenvalue weighted by molar-refractivity contribution is 5.73. The van der Waals surface area contributed by atoms with Crippen LogP contribution in [0.5, 0.6) is 0 Å². The van der Waals surface area contributed by atoms with Crippen LogP contribution < -0.4 is 5.32 Å². The molecule has 0 saturated carbocycles. The maximum atomic E-state index is 11.4. The molecule has 0 aromatic rings. The Morgan fingerprint density at radius 1 is 1.29 bits per heavy atom. The van der Waals surface area contributed by atoms with Gasteiger partial charge in [-0.1, -0.05) is 13.3 Å². The van der Waals surface area contributed by atoms with Gasteiger partial charge < -0.3 is 29.4 Å². The van der Waals surface area contributed by atoms with Crippen LogP contribution in [0.1, 0.15) is 26.7 Å². The van der Waals surface area contributed by atoms with Crippen molar-refractivity contribution < 1.29 is 28.8 Å². The Morgan fingerprint density at radius 3 is 2.43 bits per heavy atom. The number of aliphatic hydroxyl groups is 1. The van der Waals surface area contributed by atoms with Gasteiger partial charge in [-0.2, -0.15) is 0 Å². The molecule has 1 rings (SSSR count). The Kier molecular flexibility index (Phi) is 8.13. The molecule has 1 aliphatic rings. The summed E-state index contributed by atoms with van der Waals surface area (Å²) in [6.07, 6.45) is -0.290. The largest absolute Gasteiger partial charge is 0.394 e. The zero-order chi connectivity index (χ0) is 15.8. The van der Waals surface area contributed by atoms with Gasteiger partial charge in [0.05, 0.1) is 6.61 Å². The van der Waals surface area contributed by atoms with E-state index in [9.17, 15) is 9.90 Å². The van der Waals surface area contributed by atoms with Crippen molar-refractivity contribution in [3.05, 3.63) is 0 Å². The van der Waals surface area contributed by atoms with E-state index in [0.717, 1.165) is 12.8 Å². The highest BCUT2D eigenvalue weighted by Gasteiger charge is 2.47. The molecule has 0 spiro atoms. The number of amides is 1. The Morgan fingerprint density at radius 2 is 1.95 bits per heavy atom. The van der Waals surface area contributed by atoms with Crippen LogP contribution in [-0.2, 0) is 23.7 Å². The predicted octanol–water partition coefficient (Wildman–Crippen LogP) is 0.0550. The summed E-state index contributed by atoms with van der Waals surface area (Å²) in [5.74, 6) is -0.202. The van der Waals surface area contributed by atoms with Crippen molar-refractivity contribution in [2.24, 2.45) is 0 Å². The molecule has 5 atom stereocenters. The van der Waals surface area contributed by atoms with E-state index in [1.54, 1.807) is 0 Å². The lowest BCUT2D eigenvalue weighted by Gasteiger charge is -2.45. The molecular formula is C14H27NO6. The first-order valence-corrected chi connectivity index (χ1v) is 7.29. The quantitative estimate of drug-likeness (QED) is 0.617. The summed E-state index contributed by atoms with van der Waals surface area (Å²) in [4.78, 5) is 11.4. The molecule has 5 unspecified atom stereocenters. The van der Waals surface area contributed by atoms with Crippen LogP contribution in [0.15, 0.2) is 0 Å². The zero-order valence-corrected chi connectivity index (χ0v) is 13.2. The first-order valence-electron chi connectivity index (χ1n) is 7.29. The van der Waals surface area contributed by atoms with Gasteiger partial charge in [0.25, 0.3) is 0 Å². The summed E-state index contributed by atoms with van der Waals surface area (Å²) in [5.41, 5.74) is 0. The molecule has 2 N–H and O–H groups in total. The topological polar surface area (TPSA) is 86.2 Å². The summed E-state index contributed by atoms with van der Waals surface area (Å²) >= 11 is 0.